The Hall–Kier alpha value is -1.03. The molecule has 1 rings (SSSR count). The molecule has 0 saturated carbocycles. The number of ether oxygens (including phenoxy) is 2. The summed E-state index contributed by atoms with van der Waals surface area (Å²) in [5.74, 6) is 0. The molecular formula is C13H22O7S. The van der Waals surface area contributed by atoms with Gasteiger partial charge in [-0.15, -0.1) is 0 Å². The fraction of sp³-hybridized carbons (Fsp3) is 0.538. The van der Waals surface area contributed by atoms with Crippen molar-refractivity contribution >= 4 is 10.1 Å². The van der Waals surface area contributed by atoms with E-state index < -0.39 is 10.1 Å². The Balaban J connectivity index is 0.000000384. The van der Waals surface area contributed by atoms with E-state index in [1.54, 1.807) is 12.1 Å². The van der Waals surface area contributed by atoms with Crippen LogP contribution >= 0.6 is 0 Å². The fourth-order valence-electron chi connectivity index (χ4n) is 1.16. The predicted octanol–water partition coefficient (Wildman–Crippen LogP) is 0.246. The number of rotatable bonds is 8. The molecule has 8 heteroatoms. The highest BCUT2D eigenvalue weighted by molar-refractivity contribution is 7.85. The van der Waals surface area contributed by atoms with Crippen LogP contribution in [0.15, 0.2) is 29.2 Å². The fourth-order valence-corrected chi connectivity index (χ4v) is 1.64. The van der Waals surface area contributed by atoms with Gasteiger partial charge >= 0.3 is 0 Å². The molecule has 0 aliphatic heterocycles. The smallest absolute Gasteiger partial charge is 0.294 e. The summed E-state index contributed by atoms with van der Waals surface area (Å²) in [7, 11) is -4.02. The molecule has 0 aliphatic carbocycles. The first kappa shape index (κ1) is 20.0. The molecule has 0 bridgehead atoms. The summed E-state index contributed by atoms with van der Waals surface area (Å²) in [4.78, 5) is -0.0666. The summed E-state index contributed by atoms with van der Waals surface area (Å²) in [6.07, 6.45) is 0. The van der Waals surface area contributed by atoms with Gasteiger partial charge in [0, 0.05) is 0 Å². The van der Waals surface area contributed by atoms with Crippen LogP contribution in [0.2, 0.25) is 0 Å². The van der Waals surface area contributed by atoms with E-state index in [0.717, 1.165) is 5.56 Å². The van der Waals surface area contributed by atoms with Gasteiger partial charge in [-0.1, -0.05) is 17.7 Å². The van der Waals surface area contributed by atoms with Crippen LogP contribution < -0.4 is 0 Å². The molecule has 0 aromatic heterocycles. The quantitative estimate of drug-likeness (QED) is 0.464. The zero-order valence-corrected chi connectivity index (χ0v) is 12.8. The van der Waals surface area contributed by atoms with Crippen molar-refractivity contribution in [2.45, 2.75) is 11.8 Å². The lowest BCUT2D eigenvalue weighted by Crippen LogP contribution is -2.09. The van der Waals surface area contributed by atoms with Gasteiger partial charge in [-0.3, -0.25) is 4.55 Å². The molecule has 1 aromatic rings. The number of aliphatic hydroxyl groups is 2. The molecule has 0 fully saturated rings. The van der Waals surface area contributed by atoms with Crippen molar-refractivity contribution in [3.63, 3.8) is 0 Å². The highest BCUT2D eigenvalue weighted by Crippen LogP contribution is 2.08. The molecular weight excluding hydrogens is 300 g/mol. The van der Waals surface area contributed by atoms with Gasteiger partial charge in [0.25, 0.3) is 10.1 Å². The second kappa shape index (κ2) is 11.6. The number of hydrogen-bond donors (Lipinski definition) is 3. The molecule has 0 unspecified atom stereocenters. The van der Waals surface area contributed by atoms with Gasteiger partial charge in [-0.05, 0) is 19.1 Å². The molecule has 1 aromatic carbocycles. The molecule has 0 atom stereocenters. The van der Waals surface area contributed by atoms with E-state index in [1.165, 1.54) is 12.1 Å². The Morgan fingerprint density at radius 1 is 0.905 bits per heavy atom. The van der Waals surface area contributed by atoms with E-state index in [-0.39, 0.29) is 18.1 Å². The maximum absolute atomic E-state index is 10.5. The Labute approximate surface area is 124 Å². The summed E-state index contributed by atoms with van der Waals surface area (Å²) in [6, 6.07) is 5.99. The van der Waals surface area contributed by atoms with Crippen molar-refractivity contribution in [1.82, 2.24) is 0 Å². The third kappa shape index (κ3) is 11.3. The first-order valence-electron chi connectivity index (χ1n) is 6.33. The first-order valence-corrected chi connectivity index (χ1v) is 7.77. The molecule has 0 aliphatic rings. The van der Waals surface area contributed by atoms with E-state index in [2.05, 4.69) is 0 Å². The molecule has 3 N–H and O–H groups in total. The van der Waals surface area contributed by atoms with Gasteiger partial charge < -0.3 is 19.7 Å². The van der Waals surface area contributed by atoms with E-state index in [1.807, 2.05) is 6.92 Å². The largest absolute Gasteiger partial charge is 0.394 e. The van der Waals surface area contributed by atoms with Gasteiger partial charge in [0.2, 0.25) is 0 Å². The van der Waals surface area contributed by atoms with E-state index in [0.29, 0.717) is 26.4 Å². The summed E-state index contributed by atoms with van der Waals surface area (Å²) in [6.45, 7) is 3.57. The SMILES string of the molecule is Cc1ccc(S(=O)(=O)O)cc1.OCCOCCOCCO. The van der Waals surface area contributed by atoms with Crippen molar-refractivity contribution in [2.24, 2.45) is 0 Å². The van der Waals surface area contributed by atoms with Crippen LogP contribution in [0, 0.1) is 6.92 Å². The number of hydrogen-bond acceptors (Lipinski definition) is 6. The van der Waals surface area contributed by atoms with Crippen molar-refractivity contribution in [3.8, 4) is 0 Å². The average molecular weight is 322 g/mol. The molecule has 7 nitrogen and oxygen atoms in total. The van der Waals surface area contributed by atoms with Gasteiger partial charge in [0.1, 0.15) is 0 Å². The van der Waals surface area contributed by atoms with Crippen LogP contribution in [0.3, 0.4) is 0 Å². The van der Waals surface area contributed by atoms with Crippen molar-refractivity contribution in [1.29, 1.82) is 0 Å². The first-order chi connectivity index (χ1) is 9.91. The minimum Gasteiger partial charge on any atom is -0.394 e. The maximum Gasteiger partial charge on any atom is 0.294 e. The topological polar surface area (TPSA) is 113 Å². The second-order valence-corrected chi connectivity index (χ2v) is 5.38. The lowest BCUT2D eigenvalue weighted by Gasteiger charge is -2.01. The summed E-state index contributed by atoms with van der Waals surface area (Å²) < 4.78 is 39.3. The Kier molecular flexibility index (Phi) is 11.0. The zero-order valence-electron chi connectivity index (χ0n) is 11.9. The van der Waals surface area contributed by atoms with Crippen LogP contribution in [-0.2, 0) is 19.6 Å². The third-order valence-corrected chi connectivity index (χ3v) is 3.03. The molecule has 21 heavy (non-hydrogen) atoms. The van der Waals surface area contributed by atoms with Gasteiger partial charge in [0.15, 0.2) is 0 Å². The van der Waals surface area contributed by atoms with Crippen molar-refractivity contribution in [2.75, 3.05) is 39.6 Å². The van der Waals surface area contributed by atoms with Gasteiger partial charge in [0.05, 0.1) is 44.5 Å². The Morgan fingerprint density at radius 3 is 1.67 bits per heavy atom. The molecule has 0 spiro atoms. The molecule has 0 amide bonds. The molecule has 0 radical (unpaired) electrons. The maximum atomic E-state index is 10.5. The normalized spacial score (nSPS) is 10.9. The van der Waals surface area contributed by atoms with Crippen LogP contribution in [-0.4, -0.2) is 62.8 Å². The van der Waals surface area contributed by atoms with E-state index in [4.69, 9.17) is 24.2 Å². The van der Waals surface area contributed by atoms with Crippen LogP contribution in [0.25, 0.3) is 0 Å². The van der Waals surface area contributed by atoms with Crippen LogP contribution in [0.5, 0.6) is 0 Å². The average Bonchev–Trinajstić information content (AvgIpc) is 2.43. The highest BCUT2D eigenvalue weighted by Gasteiger charge is 2.06. The van der Waals surface area contributed by atoms with Crippen LogP contribution in [0.4, 0.5) is 0 Å². The van der Waals surface area contributed by atoms with E-state index in [9.17, 15) is 8.42 Å². The minimum absolute atomic E-state index is 0.0417. The monoisotopic (exact) mass is 322 g/mol. The Morgan fingerprint density at radius 2 is 1.33 bits per heavy atom. The lowest BCUT2D eigenvalue weighted by atomic mass is 10.2. The van der Waals surface area contributed by atoms with E-state index >= 15 is 0 Å². The van der Waals surface area contributed by atoms with Crippen molar-refractivity contribution < 1.29 is 32.7 Å². The van der Waals surface area contributed by atoms with Crippen molar-refractivity contribution in [3.05, 3.63) is 29.8 Å². The molecule has 0 saturated heterocycles. The number of aryl methyl sites for hydroxylation is 1. The summed E-state index contributed by atoms with van der Waals surface area (Å²) >= 11 is 0. The number of aliphatic hydroxyl groups excluding tert-OH is 2. The minimum atomic E-state index is -4.02. The summed E-state index contributed by atoms with van der Waals surface area (Å²) in [5, 5.41) is 16.5. The predicted molar refractivity (Wildman–Crippen MR) is 76.8 cm³/mol. The standard InChI is InChI=1S/C7H8O3S.C6H14O4/c1-6-2-4-7(5-3-6)11(8,9)10;7-1-3-9-5-6-10-4-2-8/h2-5H,1H3,(H,8,9,10);7-8H,1-6H2. The second-order valence-electron chi connectivity index (χ2n) is 3.96. The third-order valence-electron chi connectivity index (χ3n) is 2.16. The van der Waals surface area contributed by atoms with Crippen LogP contribution in [0.1, 0.15) is 5.56 Å². The molecule has 122 valence electrons. The van der Waals surface area contributed by atoms with Gasteiger partial charge in [-0.2, -0.15) is 8.42 Å². The zero-order chi connectivity index (χ0) is 16.1. The lowest BCUT2D eigenvalue weighted by molar-refractivity contribution is 0.0222. The van der Waals surface area contributed by atoms with Gasteiger partial charge in [-0.25, -0.2) is 0 Å². The Bertz CT molecular complexity index is 448. The highest BCUT2D eigenvalue weighted by atomic mass is 32.2. The summed E-state index contributed by atoms with van der Waals surface area (Å²) in [5.41, 5.74) is 0.956. The number of benzene rings is 1. The molecule has 0 heterocycles.